The Bertz CT molecular complexity index is 867. The smallest absolute Gasteiger partial charge is 0.231 e. The number of nitrogens with zero attached hydrogens (tertiary/aromatic N) is 2. The topological polar surface area (TPSA) is 83.8 Å². The lowest BCUT2D eigenvalue weighted by atomic mass is 10.0. The minimum atomic E-state index is -0.165. The fourth-order valence-electron chi connectivity index (χ4n) is 2.88. The van der Waals surface area contributed by atoms with Crippen molar-refractivity contribution in [2.24, 2.45) is 0 Å². The number of hydrogen-bond donors (Lipinski definition) is 2. The summed E-state index contributed by atoms with van der Waals surface area (Å²) < 4.78 is 5.70. The highest BCUT2D eigenvalue weighted by molar-refractivity contribution is 5.91. The highest BCUT2D eigenvalue weighted by Crippen LogP contribution is 2.23. The Hall–Kier alpha value is -2.89. The first-order valence-electron chi connectivity index (χ1n) is 8.93. The van der Waals surface area contributed by atoms with Crippen LogP contribution in [0, 0.1) is 6.92 Å². The first-order chi connectivity index (χ1) is 12.6. The number of hydrogen-bond acceptors (Lipinski definition) is 4. The van der Waals surface area contributed by atoms with Crippen LogP contribution in [0.25, 0.3) is 11.5 Å². The molecule has 1 aromatic carbocycles. The molecular formula is C20H24N4O2. The predicted octanol–water partition coefficient (Wildman–Crippen LogP) is 4.46. The molecular weight excluding hydrogens is 328 g/mol. The molecule has 3 aromatic rings. The van der Waals surface area contributed by atoms with E-state index in [2.05, 4.69) is 34.3 Å². The number of benzene rings is 1. The van der Waals surface area contributed by atoms with Crippen LogP contribution < -0.4 is 5.32 Å². The maximum Gasteiger partial charge on any atom is 0.231 e. The van der Waals surface area contributed by atoms with Crippen LogP contribution in [0.5, 0.6) is 0 Å². The molecule has 6 heteroatoms. The van der Waals surface area contributed by atoms with Crippen molar-refractivity contribution in [2.75, 3.05) is 5.32 Å². The Morgan fingerprint density at radius 2 is 2.08 bits per heavy atom. The molecule has 0 radical (unpaired) electrons. The Morgan fingerprint density at radius 1 is 1.31 bits per heavy atom. The summed E-state index contributed by atoms with van der Waals surface area (Å²) in [6, 6.07) is 11.5. The van der Waals surface area contributed by atoms with Crippen molar-refractivity contribution in [2.45, 2.75) is 46.0 Å². The van der Waals surface area contributed by atoms with Crippen molar-refractivity contribution >= 4 is 11.7 Å². The molecule has 0 aliphatic heterocycles. The molecule has 0 saturated heterocycles. The summed E-state index contributed by atoms with van der Waals surface area (Å²) in [4.78, 5) is 16.8. The van der Waals surface area contributed by atoms with E-state index in [0.29, 0.717) is 29.1 Å². The summed E-state index contributed by atoms with van der Waals surface area (Å²) >= 11 is 0. The summed E-state index contributed by atoms with van der Waals surface area (Å²) in [7, 11) is 0. The van der Waals surface area contributed by atoms with Gasteiger partial charge in [0, 0.05) is 17.3 Å². The second-order valence-corrected chi connectivity index (χ2v) is 6.51. The van der Waals surface area contributed by atoms with Gasteiger partial charge in [-0.2, -0.15) is 5.10 Å². The average Bonchev–Trinajstić information content (AvgIpc) is 3.23. The number of nitrogens with one attached hydrogen (secondary N) is 2. The van der Waals surface area contributed by atoms with Gasteiger partial charge in [-0.15, -0.1) is 0 Å². The average molecular weight is 352 g/mol. The van der Waals surface area contributed by atoms with E-state index in [9.17, 15) is 4.79 Å². The standard InChI is InChI=1S/C20H24N4O2/c1-4-8-13(2)16-11-18(24-23-16)22-19(25)12-17-14(3)26-20(21-17)15-9-6-5-7-10-15/h5-7,9-11,13H,4,8,12H2,1-3H3,(H2,22,23,24,25). The molecule has 3 rings (SSSR count). The van der Waals surface area contributed by atoms with Crippen LogP contribution >= 0.6 is 0 Å². The van der Waals surface area contributed by atoms with E-state index in [-0.39, 0.29) is 12.3 Å². The molecule has 136 valence electrons. The number of amides is 1. The van der Waals surface area contributed by atoms with E-state index < -0.39 is 0 Å². The zero-order valence-corrected chi connectivity index (χ0v) is 15.4. The number of aromatic amines is 1. The van der Waals surface area contributed by atoms with Gasteiger partial charge in [-0.3, -0.25) is 9.89 Å². The molecule has 1 amide bonds. The number of oxazole rings is 1. The molecule has 1 atom stereocenters. The fraction of sp³-hybridized carbons (Fsp3) is 0.350. The van der Waals surface area contributed by atoms with E-state index in [4.69, 9.17) is 4.42 Å². The van der Waals surface area contributed by atoms with Crippen LogP contribution in [0.15, 0.2) is 40.8 Å². The monoisotopic (exact) mass is 352 g/mol. The molecule has 6 nitrogen and oxygen atoms in total. The predicted molar refractivity (Wildman–Crippen MR) is 101 cm³/mol. The largest absolute Gasteiger partial charge is 0.441 e. The number of carbonyl (C=O) groups excluding carboxylic acids is 1. The maximum atomic E-state index is 12.3. The Morgan fingerprint density at radius 3 is 2.81 bits per heavy atom. The molecule has 0 spiro atoms. The molecule has 0 bridgehead atoms. The second-order valence-electron chi connectivity index (χ2n) is 6.51. The van der Waals surface area contributed by atoms with E-state index in [1.807, 2.05) is 43.3 Å². The third-order valence-electron chi connectivity index (χ3n) is 4.36. The van der Waals surface area contributed by atoms with Gasteiger partial charge in [0.15, 0.2) is 5.82 Å². The number of aromatic nitrogens is 3. The lowest BCUT2D eigenvalue weighted by Gasteiger charge is -2.05. The highest BCUT2D eigenvalue weighted by atomic mass is 16.4. The van der Waals surface area contributed by atoms with Crippen molar-refractivity contribution in [3.8, 4) is 11.5 Å². The van der Waals surface area contributed by atoms with Gasteiger partial charge in [-0.25, -0.2) is 4.98 Å². The number of anilines is 1. The zero-order valence-electron chi connectivity index (χ0n) is 15.4. The normalized spacial score (nSPS) is 12.1. The van der Waals surface area contributed by atoms with Crippen LogP contribution in [-0.4, -0.2) is 21.1 Å². The van der Waals surface area contributed by atoms with Gasteiger partial charge in [-0.1, -0.05) is 38.5 Å². The zero-order chi connectivity index (χ0) is 18.5. The van der Waals surface area contributed by atoms with Crippen LogP contribution in [0.2, 0.25) is 0 Å². The third-order valence-corrected chi connectivity index (χ3v) is 4.36. The van der Waals surface area contributed by atoms with Crippen molar-refractivity contribution < 1.29 is 9.21 Å². The molecule has 2 heterocycles. The highest BCUT2D eigenvalue weighted by Gasteiger charge is 2.16. The van der Waals surface area contributed by atoms with Gasteiger partial charge in [0.1, 0.15) is 5.76 Å². The minimum Gasteiger partial charge on any atom is -0.441 e. The number of H-pyrrole nitrogens is 1. The van der Waals surface area contributed by atoms with E-state index in [0.717, 1.165) is 24.1 Å². The summed E-state index contributed by atoms with van der Waals surface area (Å²) in [5, 5.41) is 9.99. The second kappa shape index (κ2) is 7.99. The quantitative estimate of drug-likeness (QED) is 0.657. The summed E-state index contributed by atoms with van der Waals surface area (Å²) in [5.41, 5.74) is 2.56. The van der Waals surface area contributed by atoms with Gasteiger partial charge in [0.05, 0.1) is 12.1 Å². The summed E-state index contributed by atoms with van der Waals surface area (Å²) in [6.07, 6.45) is 2.34. The van der Waals surface area contributed by atoms with Crippen LogP contribution in [0.1, 0.15) is 49.8 Å². The molecule has 0 aliphatic carbocycles. The number of aryl methyl sites for hydroxylation is 1. The fourth-order valence-corrected chi connectivity index (χ4v) is 2.88. The Balaban J connectivity index is 1.65. The van der Waals surface area contributed by atoms with Gasteiger partial charge >= 0.3 is 0 Å². The molecule has 2 aromatic heterocycles. The van der Waals surface area contributed by atoms with Crippen molar-refractivity contribution in [1.29, 1.82) is 0 Å². The first kappa shape index (κ1) is 17.9. The van der Waals surface area contributed by atoms with Crippen molar-refractivity contribution in [3.63, 3.8) is 0 Å². The SMILES string of the molecule is CCCC(C)c1cc(NC(=O)Cc2nc(-c3ccccc3)oc2C)n[nH]1. The Kier molecular flexibility index (Phi) is 5.51. The Labute approximate surface area is 153 Å². The minimum absolute atomic E-state index is 0.148. The summed E-state index contributed by atoms with van der Waals surface area (Å²) in [6.45, 7) is 6.12. The van der Waals surface area contributed by atoms with E-state index in [1.165, 1.54) is 0 Å². The molecule has 0 fully saturated rings. The molecule has 2 N–H and O–H groups in total. The third kappa shape index (κ3) is 4.20. The summed E-state index contributed by atoms with van der Waals surface area (Å²) in [5.74, 6) is 1.95. The van der Waals surface area contributed by atoms with Gasteiger partial charge < -0.3 is 9.73 Å². The van der Waals surface area contributed by atoms with Crippen LogP contribution in [-0.2, 0) is 11.2 Å². The maximum absolute atomic E-state index is 12.3. The van der Waals surface area contributed by atoms with Crippen molar-refractivity contribution in [1.82, 2.24) is 15.2 Å². The number of carbonyl (C=O) groups is 1. The van der Waals surface area contributed by atoms with Crippen LogP contribution in [0.3, 0.4) is 0 Å². The molecule has 0 saturated carbocycles. The first-order valence-corrected chi connectivity index (χ1v) is 8.93. The van der Waals surface area contributed by atoms with Gasteiger partial charge in [0.2, 0.25) is 11.8 Å². The lowest BCUT2D eigenvalue weighted by molar-refractivity contribution is -0.115. The van der Waals surface area contributed by atoms with Gasteiger partial charge in [-0.05, 0) is 31.4 Å². The lowest BCUT2D eigenvalue weighted by Crippen LogP contribution is -2.15. The van der Waals surface area contributed by atoms with Crippen molar-refractivity contribution in [3.05, 3.63) is 53.5 Å². The molecule has 26 heavy (non-hydrogen) atoms. The van der Waals surface area contributed by atoms with Crippen LogP contribution in [0.4, 0.5) is 5.82 Å². The number of rotatable bonds is 7. The molecule has 0 aliphatic rings. The van der Waals surface area contributed by atoms with Gasteiger partial charge in [0.25, 0.3) is 0 Å². The van der Waals surface area contributed by atoms with E-state index >= 15 is 0 Å². The molecule has 1 unspecified atom stereocenters. The van der Waals surface area contributed by atoms with E-state index in [1.54, 1.807) is 0 Å².